The van der Waals surface area contributed by atoms with Crippen LogP contribution in [0.2, 0.25) is 0 Å². The summed E-state index contributed by atoms with van der Waals surface area (Å²) in [4.78, 5) is 7.68. The number of rotatable bonds is 0. The van der Waals surface area contributed by atoms with Crippen molar-refractivity contribution in [1.82, 2.24) is 0 Å². The summed E-state index contributed by atoms with van der Waals surface area (Å²) in [6, 6.07) is 0. The van der Waals surface area contributed by atoms with Crippen LogP contribution in [0.3, 0.4) is 0 Å². The van der Waals surface area contributed by atoms with E-state index in [0.717, 1.165) is 6.21 Å². The first kappa shape index (κ1) is 19.8. The molecule has 1 fully saturated rings. The molecule has 1 saturated heterocycles. The molecule has 15 heavy (non-hydrogen) atoms. The Hall–Kier alpha value is -0.728. The van der Waals surface area contributed by atoms with Gasteiger partial charge in [0.15, 0.2) is 0 Å². The van der Waals surface area contributed by atoms with Gasteiger partial charge in [-0.1, -0.05) is 6.92 Å². The van der Waals surface area contributed by atoms with Crippen LogP contribution in [0.25, 0.3) is 5.41 Å². The fourth-order valence-corrected chi connectivity index (χ4v) is 0.721. The molecule has 0 saturated carbocycles. The largest absolute Gasteiger partial charge is 2.00 e. The number of aliphatic imine (C=N–C) groups is 2. The number of nitrogens with zero attached hydrogens (tertiary/aromatic N) is 3. The molecule has 0 N–H and O–H groups in total. The minimum absolute atomic E-state index is 0. The second kappa shape index (κ2) is 13.3. The van der Waals surface area contributed by atoms with E-state index < -0.39 is 0 Å². The molecule has 0 amide bonds. The Bertz CT molecular complexity index is 197. The van der Waals surface area contributed by atoms with Gasteiger partial charge >= 0.3 is 20.4 Å². The number of hydrogen-bond acceptors (Lipinski definition) is 4. The van der Waals surface area contributed by atoms with Crippen molar-refractivity contribution in [3.8, 4) is 0 Å². The van der Waals surface area contributed by atoms with Crippen molar-refractivity contribution in [2.75, 3.05) is 27.3 Å². The Morgan fingerprint density at radius 3 is 1.60 bits per heavy atom. The molecule has 0 aromatic carbocycles. The maximum absolute atomic E-state index is 7.44. The normalized spacial score (nSPS) is 18.3. The Morgan fingerprint density at radius 1 is 1.13 bits per heavy atom. The third-order valence-electron chi connectivity index (χ3n) is 1.15. The molecule has 1 rings (SSSR count). The summed E-state index contributed by atoms with van der Waals surface area (Å²) in [6.45, 7) is 2.68. The van der Waals surface area contributed by atoms with Gasteiger partial charge in [0, 0.05) is 14.1 Å². The third kappa shape index (κ3) is 8.28. The van der Waals surface area contributed by atoms with Gasteiger partial charge < -0.3 is 22.3 Å². The predicted molar refractivity (Wildman–Crippen MR) is 60.1 cm³/mol. The van der Waals surface area contributed by atoms with Crippen LogP contribution in [0.1, 0.15) is 6.92 Å². The fraction of sp³-hybridized carbons (Fsp3) is 0.556. The van der Waals surface area contributed by atoms with Crippen molar-refractivity contribution < 1.29 is 29.9 Å². The van der Waals surface area contributed by atoms with Crippen molar-refractivity contribution in [3.05, 3.63) is 12.8 Å². The van der Waals surface area contributed by atoms with Crippen LogP contribution in [-0.4, -0.2) is 45.3 Å². The molecular formula is C9H17N3O2Pd. The minimum atomic E-state index is 0. The summed E-state index contributed by atoms with van der Waals surface area (Å²) in [5.41, 5.74) is 0. The van der Waals surface area contributed by atoms with E-state index in [-0.39, 0.29) is 27.8 Å². The van der Waals surface area contributed by atoms with Crippen LogP contribution < -0.4 is 0 Å². The molecule has 1 aliphatic rings. The van der Waals surface area contributed by atoms with Gasteiger partial charge in [-0.3, -0.25) is 9.98 Å². The van der Waals surface area contributed by atoms with Gasteiger partial charge in [0.05, 0.1) is 0 Å². The second-order valence-corrected chi connectivity index (χ2v) is 2.01. The average Bonchev–Trinajstić information content (AvgIpc) is 2.19. The monoisotopic (exact) mass is 305 g/mol. The Kier molecular flexibility index (Phi) is 17.5. The van der Waals surface area contributed by atoms with Gasteiger partial charge in [0.25, 0.3) is 11.8 Å². The van der Waals surface area contributed by atoms with Gasteiger partial charge in [0.1, 0.15) is 13.2 Å². The van der Waals surface area contributed by atoms with Crippen molar-refractivity contribution in [3.63, 3.8) is 0 Å². The zero-order valence-corrected chi connectivity index (χ0v) is 11.0. The molecule has 0 radical (unpaired) electrons. The topological polar surface area (TPSA) is 65.5 Å². The predicted octanol–water partition coefficient (Wildman–Crippen LogP) is 1.18. The first-order valence-corrected chi connectivity index (χ1v) is 3.91. The first-order valence-electron chi connectivity index (χ1n) is 3.91. The molecule has 0 bridgehead atoms. The summed E-state index contributed by atoms with van der Waals surface area (Å²) in [6.07, 6.45) is 1.00. The summed E-state index contributed by atoms with van der Waals surface area (Å²) in [7, 11) is 3.30. The van der Waals surface area contributed by atoms with Gasteiger partial charge in [-0.2, -0.15) is 0 Å². The van der Waals surface area contributed by atoms with Crippen LogP contribution in [0, 0.1) is 7.43 Å². The van der Waals surface area contributed by atoms with E-state index in [0.29, 0.717) is 25.0 Å². The molecule has 5 nitrogen and oxygen atoms in total. The van der Waals surface area contributed by atoms with Gasteiger partial charge in [-0.05, 0) is 0 Å². The van der Waals surface area contributed by atoms with Crippen LogP contribution in [0.5, 0.6) is 0 Å². The van der Waals surface area contributed by atoms with Gasteiger partial charge in [-0.15, -0.1) is 0 Å². The third-order valence-corrected chi connectivity index (χ3v) is 1.15. The van der Waals surface area contributed by atoms with Crippen LogP contribution in [0.4, 0.5) is 0 Å². The molecule has 0 unspecified atom stereocenters. The second-order valence-electron chi connectivity index (χ2n) is 2.01. The molecule has 0 aromatic rings. The summed E-state index contributed by atoms with van der Waals surface area (Å²) in [5, 5.41) is 7.44. The smallest absolute Gasteiger partial charge is 0.814 e. The van der Waals surface area contributed by atoms with E-state index in [1.165, 1.54) is 0 Å². The maximum atomic E-state index is 7.44. The van der Waals surface area contributed by atoms with E-state index in [4.69, 9.17) is 14.9 Å². The van der Waals surface area contributed by atoms with Crippen LogP contribution in [-0.2, 0) is 29.9 Å². The zero-order chi connectivity index (χ0) is 10.1. The molecule has 0 aliphatic carbocycles. The van der Waals surface area contributed by atoms with Crippen LogP contribution in [0.15, 0.2) is 9.98 Å². The zero-order valence-electron chi connectivity index (χ0n) is 9.47. The molecule has 6 heteroatoms. The molecule has 0 atom stereocenters. The Morgan fingerprint density at radius 2 is 1.40 bits per heavy atom. The molecular weight excluding hydrogens is 289 g/mol. The quantitative estimate of drug-likeness (QED) is 0.383. The van der Waals surface area contributed by atoms with Crippen molar-refractivity contribution in [2.45, 2.75) is 6.92 Å². The number of ether oxygens (including phenoxy) is 2. The summed E-state index contributed by atoms with van der Waals surface area (Å²) < 4.78 is 10.2. The number of hydrogen-bond donors (Lipinski definition) is 0. The molecule has 1 aliphatic heterocycles. The molecule has 0 aromatic heterocycles. The standard InChI is InChI=1S/C6H10N2O2.C2H4N.CH3.Pd/c1-7-5-6(8-2)10-4-3-9-5;1-2-3;;/h3-4H2,1-2H3;2H,1H3;1H3;/q;2*-1;+2. The average molecular weight is 306 g/mol. The maximum Gasteiger partial charge on any atom is 2.00 e. The first-order chi connectivity index (χ1) is 6.29. The van der Waals surface area contributed by atoms with Gasteiger partial charge in [0.2, 0.25) is 0 Å². The fourth-order valence-electron chi connectivity index (χ4n) is 0.721. The van der Waals surface area contributed by atoms with E-state index in [1.54, 1.807) is 21.0 Å². The van der Waals surface area contributed by atoms with E-state index in [1.807, 2.05) is 0 Å². The summed E-state index contributed by atoms with van der Waals surface area (Å²) in [5.74, 6) is 0.988. The molecule has 0 spiro atoms. The molecule has 1 heterocycles. The van der Waals surface area contributed by atoms with Crippen molar-refractivity contribution >= 4 is 18.0 Å². The van der Waals surface area contributed by atoms with E-state index in [2.05, 4.69) is 9.98 Å². The van der Waals surface area contributed by atoms with Crippen LogP contribution >= 0.6 is 0 Å². The van der Waals surface area contributed by atoms with E-state index in [9.17, 15) is 0 Å². The summed E-state index contributed by atoms with van der Waals surface area (Å²) >= 11 is 0. The minimum Gasteiger partial charge on any atom is -0.814 e. The van der Waals surface area contributed by atoms with Crippen molar-refractivity contribution in [2.24, 2.45) is 9.98 Å². The Balaban J connectivity index is -0.000000260. The Labute approximate surface area is 105 Å². The van der Waals surface area contributed by atoms with E-state index >= 15 is 0 Å². The van der Waals surface area contributed by atoms with Gasteiger partial charge in [-0.25, -0.2) is 6.21 Å². The molecule has 90 valence electrons. The van der Waals surface area contributed by atoms with Crippen molar-refractivity contribution in [1.29, 1.82) is 0 Å². The SMILES string of the molecule is CC=[N-].CN=C1OCCOC1=NC.[CH3-].[Pd+2].